The van der Waals surface area contributed by atoms with Gasteiger partial charge in [0.05, 0.1) is 80.3 Å². The average molecular weight is 1600 g/mol. The summed E-state index contributed by atoms with van der Waals surface area (Å²) in [5, 5.41) is 144. The summed E-state index contributed by atoms with van der Waals surface area (Å²) in [6, 6.07) is -9.66. The van der Waals surface area contributed by atoms with Gasteiger partial charge in [0, 0.05) is 35.8 Å². The van der Waals surface area contributed by atoms with E-state index < -0.39 is 250 Å². The summed E-state index contributed by atoms with van der Waals surface area (Å²) in [7, 11) is 0. The maximum Gasteiger partial charge on any atom is 0.404 e. The van der Waals surface area contributed by atoms with E-state index in [-0.39, 0.29) is 32.7 Å². The Morgan fingerprint density at radius 2 is 1.40 bits per heavy atom. The number of H-pyrrole nitrogens is 1. The molecule has 33 N–H and O–H groups in total. The minimum absolute atomic E-state index is 0.0775. The Morgan fingerprint density at radius 3 is 2.05 bits per heavy atom. The minimum atomic E-state index is -2.26. The normalized spacial score (nSPS) is 26.9. The Morgan fingerprint density at radius 1 is 0.718 bits per heavy atom. The van der Waals surface area contributed by atoms with Crippen LogP contribution in [-0.2, 0) is 57.1 Å². The van der Waals surface area contributed by atoms with Gasteiger partial charge in [0.2, 0.25) is 29.5 Å². The zero-order valence-electron chi connectivity index (χ0n) is 59.9. The van der Waals surface area contributed by atoms with Crippen molar-refractivity contribution in [1.29, 1.82) is 0 Å². The fourth-order valence-electron chi connectivity index (χ4n) is 11.4. The molecule has 48 heteroatoms. The molecular weight excluding hydrogens is 1500 g/mol. The number of nitrogen functional groups attached to an aromatic ring is 1. The van der Waals surface area contributed by atoms with E-state index in [1.54, 1.807) is 0 Å². The predicted octanol–water partition coefficient (Wildman–Crippen LogP) is -10.9. The van der Waals surface area contributed by atoms with Gasteiger partial charge in [0.1, 0.15) is 112 Å². The Bertz CT molecular complexity index is 3690. The first-order valence-electron chi connectivity index (χ1n) is 34.6. The van der Waals surface area contributed by atoms with Gasteiger partial charge < -0.3 is 172 Å². The van der Waals surface area contributed by atoms with Crippen molar-refractivity contribution < 1.29 is 128 Å². The van der Waals surface area contributed by atoms with Gasteiger partial charge in [-0.2, -0.15) is 0 Å². The van der Waals surface area contributed by atoms with Crippen molar-refractivity contribution in [2.75, 3.05) is 51.7 Å². The lowest BCUT2D eigenvalue weighted by Gasteiger charge is -2.47. The monoisotopic (exact) mass is 1600 g/mol. The number of thiazole rings is 2. The molecular formula is C62H98N20O26S2. The first kappa shape index (κ1) is 89.2. The lowest BCUT2D eigenvalue weighted by Crippen LogP contribution is -2.65. The Kier molecular flexibility index (Phi) is 33.7. The van der Waals surface area contributed by atoms with E-state index in [1.807, 2.05) is 0 Å². The highest BCUT2D eigenvalue weighted by molar-refractivity contribution is 7.14. The molecule has 7 rings (SSSR count). The highest BCUT2D eigenvalue weighted by Gasteiger charge is 2.54. The van der Waals surface area contributed by atoms with Crippen molar-refractivity contribution in [3.05, 3.63) is 56.8 Å². The lowest BCUT2D eigenvalue weighted by molar-refractivity contribution is -0.372. The molecule has 8 amide bonds. The predicted molar refractivity (Wildman–Crippen MR) is 377 cm³/mol. The molecule has 4 aromatic rings. The highest BCUT2D eigenvalue weighted by atomic mass is 32.1. The smallest absolute Gasteiger partial charge is 0.404 e. The second kappa shape index (κ2) is 41.5. The van der Waals surface area contributed by atoms with E-state index in [0.717, 1.165) is 68.4 Å². The third-order valence-electron chi connectivity index (χ3n) is 17.8. The topological polar surface area (TPSA) is 770 Å². The quantitative estimate of drug-likeness (QED) is 0.0145. The molecule has 25 atom stereocenters. The number of imidazole rings is 1. The van der Waals surface area contributed by atoms with Crippen LogP contribution in [0.1, 0.15) is 114 Å². The van der Waals surface area contributed by atoms with E-state index in [4.69, 9.17) is 73.3 Å². The fraction of sp³-hybridized carbons (Fsp3) is 0.661. The number of nitrogens with two attached hydrogens (primary N) is 7. The Labute approximate surface area is 634 Å². The van der Waals surface area contributed by atoms with Gasteiger partial charge in [-0.1, -0.05) is 0 Å². The van der Waals surface area contributed by atoms with Crippen molar-refractivity contribution in [2.24, 2.45) is 34.4 Å². The SMILES string of the molecule is Cc1c(N)nc(C(CC(N)=O)NCC(N)C(N)=O)nc1C(=O)NC(C(=O)NC(C)C(O)CC(=O)NC(C(=O)NC(OC1OC(C)C(N)C(O)C1O)C(O)c1nc(-c2nc(C(=O)NCCCNCCCCN)cs2)cs1)C(C)O)C(OC1OC(CO)C(O)C(O)C1OC1OC(CO)C(O)C(OC(N)=O)C1O)c1cnc[nH]1. The molecule has 3 fully saturated rings. The third-order valence-corrected chi connectivity index (χ3v) is 19.6. The zero-order valence-corrected chi connectivity index (χ0v) is 61.5. The number of anilines is 1. The van der Waals surface area contributed by atoms with Crippen molar-refractivity contribution in [1.82, 2.24) is 67.1 Å². The summed E-state index contributed by atoms with van der Waals surface area (Å²) in [5.74, 6) is -8.29. The number of carbonyl (C=O) groups excluding carboxylic acids is 8. The number of ether oxygens (including phenoxy) is 7. The molecule has 614 valence electrons. The first-order valence-corrected chi connectivity index (χ1v) is 36.3. The summed E-state index contributed by atoms with van der Waals surface area (Å²) in [4.78, 5) is 132. The molecule has 0 radical (unpaired) electrons. The summed E-state index contributed by atoms with van der Waals surface area (Å²) in [5.41, 5.74) is 39.0. The first-order chi connectivity index (χ1) is 52.1. The summed E-state index contributed by atoms with van der Waals surface area (Å²) in [6.45, 7) is 4.85. The number of hydrogen-bond acceptors (Lipinski definition) is 39. The van der Waals surface area contributed by atoms with Crippen molar-refractivity contribution >= 4 is 75.9 Å². The molecule has 110 heavy (non-hydrogen) atoms. The minimum Gasteiger partial charge on any atom is -0.441 e. The number of nitrogens with one attached hydrogen (secondary N) is 8. The fourth-order valence-corrected chi connectivity index (χ4v) is 13.0. The number of primary amides is 3. The van der Waals surface area contributed by atoms with E-state index in [0.29, 0.717) is 26.1 Å². The van der Waals surface area contributed by atoms with E-state index in [2.05, 4.69) is 67.1 Å². The number of carbonyl (C=O) groups is 8. The molecule has 3 aliphatic rings. The number of aliphatic hydroxyl groups is 11. The molecule has 46 nitrogen and oxygen atoms in total. The number of hydrogen-bond donors (Lipinski definition) is 26. The van der Waals surface area contributed by atoms with Gasteiger partial charge >= 0.3 is 6.09 Å². The van der Waals surface area contributed by atoms with Crippen LogP contribution in [0.4, 0.5) is 10.6 Å². The van der Waals surface area contributed by atoms with Gasteiger partial charge in [0.25, 0.3) is 11.8 Å². The van der Waals surface area contributed by atoms with Crippen molar-refractivity contribution in [2.45, 2.75) is 213 Å². The number of aromatic amines is 1. The lowest BCUT2D eigenvalue weighted by atomic mass is 9.97. The molecule has 0 aromatic carbocycles. The number of amides is 8. The van der Waals surface area contributed by atoms with Gasteiger partial charge in [-0.15, -0.1) is 22.7 Å². The van der Waals surface area contributed by atoms with Gasteiger partial charge in [-0.3, -0.25) is 33.6 Å². The molecule has 4 aromatic heterocycles. The number of aliphatic hydroxyl groups excluding tert-OH is 11. The average Bonchev–Trinajstić information content (AvgIpc) is 0.812. The number of rotatable bonds is 41. The van der Waals surface area contributed by atoms with Crippen LogP contribution in [0.5, 0.6) is 0 Å². The van der Waals surface area contributed by atoms with Gasteiger partial charge in [-0.25, -0.2) is 29.7 Å². The van der Waals surface area contributed by atoms with Gasteiger partial charge in [0.15, 0.2) is 37.3 Å². The third kappa shape index (κ3) is 23.6. The molecule has 0 spiro atoms. The summed E-state index contributed by atoms with van der Waals surface area (Å²) < 4.78 is 40.4. The summed E-state index contributed by atoms with van der Waals surface area (Å²) in [6.07, 6.45) is -35.3. The standard InChI is InChI=1S/C62H98N20O26S2/c1-21-36(79-51(81-49(21)67)26(12-33(65)87)73-14-25(64)50(68)96)53(98)80-38(46(27-15-71-20-74-27)105-61-48(42(92)39(89)31(16-83)104-61)106-60-44(94)47(107-62(69)101)40(90)32(17-84)103-60)55(100)75-22(2)30(86)13-34(88)78-37(23(3)85)54(99)82-56(108-59-43(93)41(91)35(66)24(4)102-59)45(95)58-77-29(19-110-58)57-76-28(18-109-57)52(97)72-11-7-10-70-9-6-5-8-63/h15,18-20,22-26,30-32,35,37-48,56,59-61,70,73,83-86,89-95H,5-14,16-17,63-64,66H2,1-4H3,(H2,65,87)(H2,68,96)(H2,69,101)(H,71,74)(H,72,97)(H,75,100)(H,78,88)(H,80,98)(H,82,99)(H2,67,79,81). The number of aromatic nitrogens is 6. The van der Waals surface area contributed by atoms with Crippen LogP contribution >= 0.6 is 22.7 Å². The Hall–Kier alpha value is -7.97. The van der Waals surface area contributed by atoms with E-state index >= 15 is 9.59 Å². The molecule has 3 saturated heterocycles. The number of nitrogens with zero attached hydrogens (tertiary/aromatic N) is 5. The summed E-state index contributed by atoms with van der Waals surface area (Å²) >= 11 is 1.90. The molecule has 0 bridgehead atoms. The van der Waals surface area contributed by atoms with Crippen LogP contribution < -0.4 is 77.4 Å². The van der Waals surface area contributed by atoms with Crippen LogP contribution in [0, 0.1) is 6.92 Å². The van der Waals surface area contributed by atoms with Crippen molar-refractivity contribution in [3.8, 4) is 10.7 Å². The highest BCUT2D eigenvalue weighted by Crippen LogP contribution is 2.36. The van der Waals surface area contributed by atoms with Crippen LogP contribution in [0.15, 0.2) is 23.3 Å². The number of unbranched alkanes of at least 4 members (excludes halogenated alkanes) is 1. The molecule has 0 saturated carbocycles. The molecule has 25 unspecified atom stereocenters. The van der Waals surface area contributed by atoms with Crippen LogP contribution in [0.3, 0.4) is 0 Å². The maximum atomic E-state index is 15.3. The van der Waals surface area contributed by atoms with E-state index in [1.165, 1.54) is 24.6 Å². The van der Waals surface area contributed by atoms with Crippen LogP contribution in [-0.4, -0.2) is 314 Å². The van der Waals surface area contributed by atoms with Gasteiger partial charge in [-0.05, 0) is 66.6 Å². The van der Waals surface area contributed by atoms with Crippen LogP contribution in [0.2, 0.25) is 0 Å². The van der Waals surface area contributed by atoms with E-state index in [9.17, 15) is 84.9 Å². The molecule has 3 aliphatic heterocycles. The molecule has 7 heterocycles. The Balaban J connectivity index is 1.16. The largest absolute Gasteiger partial charge is 0.441 e. The maximum absolute atomic E-state index is 15.3. The second-order valence-electron chi connectivity index (χ2n) is 26.1. The second-order valence-corrected chi connectivity index (χ2v) is 27.9. The van der Waals surface area contributed by atoms with Crippen LogP contribution in [0.25, 0.3) is 10.7 Å². The zero-order chi connectivity index (χ0) is 81.1. The molecule has 0 aliphatic carbocycles. The van der Waals surface area contributed by atoms with Crippen molar-refractivity contribution in [3.63, 3.8) is 0 Å².